The molecule has 3 aromatic rings. The molecule has 0 aromatic carbocycles. The van der Waals surface area contributed by atoms with Crippen LogP contribution in [0.3, 0.4) is 0 Å². The fourth-order valence-electron chi connectivity index (χ4n) is 1.64. The summed E-state index contributed by atoms with van der Waals surface area (Å²) < 4.78 is 1.99. The molecule has 3 rings (SSSR count). The highest BCUT2D eigenvalue weighted by molar-refractivity contribution is 9.10. The second kappa shape index (κ2) is 5.07. The first-order valence-corrected chi connectivity index (χ1v) is 7.16. The van der Waals surface area contributed by atoms with Crippen LogP contribution >= 0.6 is 27.3 Å². The Morgan fingerprint density at radius 2 is 2.05 bits per heavy atom. The van der Waals surface area contributed by atoms with E-state index >= 15 is 0 Å². The number of hydrogen-bond acceptors (Lipinski definition) is 4. The summed E-state index contributed by atoms with van der Waals surface area (Å²) in [6.45, 7) is 0. The minimum absolute atomic E-state index is 0.0966. The normalized spacial score (nSPS) is 11.4. The number of halogens is 1. The number of pyridine rings is 1. The van der Waals surface area contributed by atoms with Gasteiger partial charge >= 0.3 is 0 Å². The molecule has 19 heavy (non-hydrogen) atoms. The molecular weight excluding hydrogens is 326 g/mol. The summed E-state index contributed by atoms with van der Waals surface area (Å²) in [5, 5.41) is 1.84. The van der Waals surface area contributed by atoms with Gasteiger partial charge in [0.2, 0.25) is 0 Å². The topological polar surface area (TPSA) is 47.3 Å². The molecule has 0 unspecified atom stereocenters. The standard InChI is InChI=1S/C13H8BrN3OS/c14-11-10(2-1-9-3-5-15-6-4-9)16-13-17(12(11)18)7-8-19-13/h1-8H/b2-1+. The lowest BCUT2D eigenvalue weighted by molar-refractivity contribution is 1.05. The number of aromatic nitrogens is 3. The van der Waals surface area contributed by atoms with Gasteiger partial charge in [-0.3, -0.25) is 14.2 Å². The molecule has 0 spiro atoms. The maximum Gasteiger partial charge on any atom is 0.273 e. The van der Waals surface area contributed by atoms with Crippen LogP contribution in [0.4, 0.5) is 0 Å². The first-order chi connectivity index (χ1) is 9.25. The van der Waals surface area contributed by atoms with Crippen molar-refractivity contribution < 1.29 is 0 Å². The average molecular weight is 334 g/mol. The van der Waals surface area contributed by atoms with Gasteiger partial charge in [0.05, 0.1) is 5.69 Å². The van der Waals surface area contributed by atoms with Crippen molar-refractivity contribution in [3.8, 4) is 0 Å². The predicted octanol–water partition coefficient (Wildman–Crippen LogP) is 3.08. The van der Waals surface area contributed by atoms with Crippen LogP contribution in [-0.4, -0.2) is 14.4 Å². The molecule has 3 heterocycles. The Balaban J connectivity index is 2.08. The molecular formula is C13H8BrN3OS. The molecule has 0 atom stereocenters. The summed E-state index contributed by atoms with van der Waals surface area (Å²) in [6.07, 6.45) is 8.88. The maximum atomic E-state index is 12.1. The van der Waals surface area contributed by atoms with E-state index in [1.165, 1.54) is 15.7 Å². The van der Waals surface area contributed by atoms with Crippen molar-refractivity contribution in [2.75, 3.05) is 0 Å². The molecule has 0 N–H and O–H groups in total. The van der Waals surface area contributed by atoms with E-state index in [1.807, 2.05) is 29.7 Å². The zero-order valence-corrected chi connectivity index (χ0v) is 12.1. The quantitative estimate of drug-likeness (QED) is 0.724. The highest BCUT2D eigenvalue weighted by Gasteiger charge is 2.08. The smallest absolute Gasteiger partial charge is 0.268 e. The van der Waals surface area contributed by atoms with Crippen molar-refractivity contribution in [1.82, 2.24) is 14.4 Å². The van der Waals surface area contributed by atoms with Gasteiger partial charge in [-0.25, -0.2) is 4.98 Å². The SMILES string of the molecule is O=c1c(Br)c(/C=C/c2ccncc2)nc2sccn12. The van der Waals surface area contributed by atoms with Crippen LogP contribution in [0.25, 0.3) is 17.1 Å². The van der Waals surface area contributed by atoms with E-state index in [0.717, 1.165) is 5.56 Å². The van der Waals surface area contributed by atoms with Crippen LogP contribution in [-0.2, 0) is 0 Å². The van der Waals surface area contributed by atoms with Gasteiger partial charge in [0.15, 0.2) is 4.96 Å². The largest absolute Gasteiger partial charge is 0.273 e. The molecule has 4 nitrogen and oxygen atoms in total. The van der Waals surface area contributed by atoms with Gasteiger partial charge in [-0.15, -0.1) is 11.3 Å². The highest BCUT2D eigenvalue weighted by Crippen LogP contribution is 2.16. The first-order valence-electron chi connectivity index (χ1n) is 5.49. The van der Waals surface area contributed by atoms with Gasteiger partial charge < -0.3 is 0 Å². The van der Waals surface area contributed by atoms with Gasteiger partial charge in [-0.05, 0) is 39.7 Å². The van der Waals surface area contributed by atoms with Crippen LogP contribution in [0.2, 0.25) is 0 Å². The van der Waals surface area contributed by atoms with Gasteiger partial charge in [-0.2, -0.15) is 0 Å². The first kappa shape index (κ1) is 12.3. The highest BCUT2D eigenvalue weighted by atomic mass is 79.9. The molecule has 0 saturated heterocycles. The zero-order valence-electron chi connectivity index (χ0n) is 9.65. The Morgan fingerprint density at radius 3 is 2.84 bits per heavy atom. The molecule has 0 radical (unpaired) electrons. The number of nitrogens with zero attached hydrogens (tertiary/aromatic N) is 3. The van der Waals surface area contributed by atoms with E-state index in [9.17, 15) is 4.79 Å². The fourth-order valence-corrected chi connectivity index (χ4v) is 2.76. The summed E-state index contributed by atoms with van der Waals surface area (Å²) in [6, 6.07) is 3.78. The molecule has 0 bridgehead atoms. The van der Waals surface area contributed by atoms with Crippen molar-refractivity contribution in [1.29, 1.82) is 0 Å². The minimum Gasteiger partial charge on any atom is -0.268 e. The van der Waals surface area contributed by atoms with E-state index in [0.29, 0.717) is 15.1 Å². The van der Waals surface area contributed by atoms with Crippen molar-refractivity contribution in [3.63, 3.8) is 0 Å². The van der Waals surface area contributed by atoms with Gasteiger partial charge in [0.25, 0.3) is 5.56 Å². The van der Waals surface area contributed by atoms with E-state index < -0.39 is 0 Å². The monoisotopic (exact) mass is 333 g/mol. The molecule has 0 amide bonds. The molecule has 0 saturated carbocycles. The lowest BCUT2D eigenvalue weighted by atomic mass is 10.2. The van der Waals surface area contributed by atoms with Gasteiger partial charge in [0, 0.05) is 24.0 Å². The maximum absolute atomic E-state index is 12.1. The third kappa shape index (κ3) is 2.36. The Labute approximate surface area is 121 Å². The van der Waals surface area contributed by atoms with Crippen LogP contribution < -0.4 is 5.56 Å². The number of thiazole rings is 1. The second-order valence-electron chi connectivity index (χ2n) is 3.79. The number of rotatable bonds is 2. The van der Waals surface area contributed by atoms with Crippen molar-refractivity contribution >= 4 is 44.4 Å². The second-order valence-corrected chi connectivity index (χ2v) is 5.45. The summed E-state index contributed by atoms with van der Waals surface area (Å²) in [7, 11) is 0. The van der Waals surface area contributed by atoms with Crippen molar-refractivity contribution in [2.24, 2.45) is 0 Å². The minimum atomic E-state index is -0.0966. The molecule has 3 aromatic heterocycles. The molecule has 94 valence electrons. The van der Waals surface area contributed by atoms with E-state index in [1.54, 1.807) is 18.6 Å². The Hall–Kier alpha value is -1.79. The third-order valence-electron chi connectivity index (χ3n) is 2.58. The van der Waals surface area contributed by atoms with E-state index in [4.69, 9.17) is 0 Å². The Morgan fingerprint density at radius 1 is 1.26 bits per heavy atom. The van der Waals surface area contributed by atoms with Crippen LogP contribution in [0, 0.1) is 0 Å². The fraction of sp³-hybridized carbons (Fsp3) is 0. The van der Waals surface area contributed by atoms with Gasteiger partial charge in [-0.1, -0.05) is 6.08 Å². The van der Waals surface area contributed by atoms with E-state index in [-0.39, 0.29) is 5.56 Å². The zero-order chi connectivity index (χ0) is 13.2. The molecule has 6 heteroatoms. The predicted molar refractivity (Wildman–Crippen MR) is 80.2 cm³/mol. The lowest BCUT2D eigenvalue weighted by Gasteiger charge is -1.99. The van der Waals surface area contributed by atoms with E-state index in [2.05, 4.69) is 25.9 Å². The lowest BCUT2D eigenvalue weighted by Crippen LogP contribution is -2.14. The molecule has 0 aliphatic rings. The van der Waals surface area contributed by atoms with Crippen LogP contribution in [0.1, 0.15) is 11.3 Å². The molecule has 0 fully saturated rings. The molecule has 0 aliphatic carbocycles. The van der Waals surface area contributed by atoms with Crippen molar-refractivity contribution in [2.45, 2.75) is 0 Å². The summed E-state index contributed by atoms with van der Waals surface area (Å²) in [5.74, 6) is 0. The summed E-state index contributed by atoms with van der Waals surface area (Å²) in [4.78, 5) is 21.1. The van der Waals surface area contributed by atoms with Crippen LogP contribution in [0.15, 0.2) is 45.4 Å². The van der Waals surface area contributed by atoms with Crippen LogP contribution in [0.5, 0.6) is 0 Å². The molecule has 0 aliphatic heterocycles. The van der Waals surface area contributed by atoms with Gasteiger partial charge in [0.1, 0.15) is 4.47 Å². The average Bonchev–Trinajstić information content (AvgIpc) is 2.91. The third-order valence-corrected chi connectivity index (χ3v) is 4.08. The number of hydrogen-bond donors (Lipinski definition) is 0. The Kier molecular flexibility index (Phi) is 3.27. The number of fused-ring (bicyclic) bond motifs is 1. The summed E-state index contributed by atoms with van der Waals surface area (Å²) in [5.41, 5.74) is 1.54. The Bertz CT molecular complexity index is 808. The van der Waals surface area contributed by atoms with Crippen molar-refractivity contribution in [3.05, 3.63) is 62.2 Å². The summed E-state index contributed by atoms with van der Waals surface area (Å²) >= 11 is 4.74.